The number of carbonyl (C=O) groups is 2. The van der Waals surface area contributed by atoms with Crippen LogP contribution in [0.3, 0.4) is 0 Å². The first kappa shape index (κ1) is 22.5. The van der Waals surface area contributed by atoms with Crippen molar-refractivity contribution >= 4 is 23.1 Å². The molecule has 168 valence electrons. The summed E-state index contributed by atoms with van der Waals surface area (Å²) in [6.07, 6.45) is 0. The topological polar surface area (TPSA) is 40.6 Å². The highest BCUT2D eigenvalue weighted by atomic mass is 16.2. The highest BCUT2D eigenvalue weighted by molar-refractivity contribution is 6.45. The van der Waals surface area contributed by atoms with Crippen molar-refractivity contribution in [1.29, 1.82) is 0 Å². The van der Waals surface area contributed by atoms with Crippen molar-refractivity contribution in [2.24, 2.45) is 0 Å². The van der Waals surface area contributed by atoms with Crippen LogP contribution in [0.1, 0.15) is 40.3 Å². The maximum Gasteiger partial charge on any atom is 0.282 e. The summed E-state index contributed by atoms with van der Waals surface area (Å²) in [6.45, 7) is 11.2. The lowest BCUT2D eigenvalue weighted by Crippen LogP contribution is -2.35. The van der Waals surface area contributed by atoms with Crippen LogP contribution in [0.15, 0.2) is 72.4 Å². The maximum absolute atomic E-state index is 13.9. The van der Waals surface area contributed by atoms with Crippen LogP contribution < -0.4 is 4.90 Å². The van der Waals surface area contributed by atoms with E-state index in [0.717, 1.165) is 33.4 Å². The van der Waals surface area contributed by atoms with Crippen molar-refractivity contribution in [1.82, 2.24) is 4.90 Å². The summed E-state index contributed by atoms with van der Waals surface area (Å²) in [5.74, 6) is -0.535. The lowest BCUT2D eigenvalue weighted by Gasteiger charge is -2.25. The zero-order valence-corrected chi connectivity index (χ0v) is 20.0. The number of rotatable bonds is 6. The van der Waals surface area contributed by atoms with E-state index in [4.69, 9.17) is 0 Å². The Kier molecular flexibility index (Phi) is 6.19. The number of nitrogens with zero attached hydrogens (tertiary/aromatic N) is 2. The van der Waals surface area contributed by atoms with Gasteiger partial charge >= 0.3 is 0 Å². The number of amides is 2. The molecule has 4 heteroatoms. The van der Waals surface area contributed by atoms with E-state index in [2.05, 4.69) is 6.07 Å². The fourth-order valence-corrected chi connectivity index (χ4v) is 4.40. The molecule has 0 aromatic heterocycles. The van der Waals surface area contributed by atoms with Crippen molar-refractivity contribution in [3.05, 3.63) is 106 Å². The molecule has 0 aliphatic carbocycles. The molecule has 0 saturated carbocycles. The van der Waals surface area contributed by atoms with Gasteiger partial charge in [-0.3, -0.25) is 9.59 Å². The Morgan fingerprint density at radius 3 is 2.12 bits per heavy atom. The van der Waals surface area contributed by atoms with Gasteiger partial charge in [-0.15, -0.1) is 0 Å². The molecule has 0 spiro atoms. The minimum Gasteiger partial charge on any atom is -0.362 e. The van der Waals surface area contributed by atoms with E-state index >= 15 is 0 Å². The highest BCUT2D eigenvalue weighted by Gasteiger charge is 2.42. The highest BCUT2D eigenvalue weighted by Crippen LogP contribution is 2.37. The number of aryl methyl sites for hydroxylation is 4. The van der Waals surface area contributed by atoms with E-state index in [-0.39, 0.29) is 11.8 Å². The third-order valence-electron chi connectivity index (χ3n) is 6.37. The molecule has 0 bridgehead atoms. The molecule has 0 unspecified atom stereocenters. The Bertz CT molecular complexity index is 1260. The van der Waals surface area contributed by atoms with Gasteiger partial charge in [0.05, 0.1) is 11.3 Å². The molecule has 1 aliphatic heterocycles. The van der Waals surface area contributed by atoms with E-state index < -0.39 is 0 Å². The molecule has 3 aromatic rings. The number of hydrogen-bond donors (Lipinski definition) is 0. The number of likely N-dealkylation sites (N-methyl/N-ethyl adjacent to an activating group) is 1. The largest absolute Gasteiger partial charge is 0.362 e. The summed E-state index contributed by atoms with van der Waals surface area (Å²) >= 11 is 0. The van der Waals surface area contributed by atoms with Crippen LogP contribution in [0.5, 0.6) is 0 Å². The van der Waals surface area contributed by atoms with E-state index in [1.807, 2.05) is 100 Å². The standard InChI is InChI=1S/C29H30N2O2/c1-6-30(18-23-10-8-7-9-11-23)27-26(25-15-12-19(2)16-22(25)5)28(32)31(29(27)33)24-14-13-20(3)21(4)17-24/h7-17H,6,18H2,1-5H3. The van der Waals surface area contributed by atoms with E-state index in [0.29, 0.717) is 30.0 Å². The predicted octanol–water partition coefficient (Wildman–Crippen LogP) is 5.73. The summed E-state index contributed by atoms with van der Waals surface area (Å²) < 4.78 is 0. The molecule has 0 saturated heterocycles. The van der Waals surface area contributed by atoms with Crippen LogP contribution >= 0.6 is 0 Å². The fraction of sp³-hybridized carbons (Fsp3) is 0.241. The van der Waals surface area contributed by atoms with E-state index in [1.54, 1.807) is 0 Å². The van der Waals surface area contributed by atoms with Gasteiger partial charge in [-0.05, 0) is 74.6 Å². The Labute approximate surface area is 196 Å². The van der Waals surface area contributed by atoms with Gasteiger partial charge in [0.25, 0.3) is 11.8 Å². The van der Waals surface area contributed by atoms with Gasteiger partial charge in [-0.1, -0.05) is 60.2 Å². The molecule has 4 rings (SSSR count). The van der Waals surface area contributed by atoms with Crippen molar-refractivity contribution in [3.8, 4) is 0 Å². The summed E-state index contributed by atoms with van der Waals surface area (Å²) in [7, 11) is 0. The molecule has 0 atom stereocenters. The molecular formula is C29H30N2O2. The van der Waals surface area contributed by atoms with Gasteiger partial charge in [-0.2, -0.15) is 0 Å². The minimum atomic E-state index is -0.268. The maximum atomic E-state index is 13.9. The molecule has 4 nitrogen and oxygen atoms in total. The van der Waals surface area contributed by atoms with E-state index in [9.17, 15) is 9.59 Å². The van der Waals surface area contributed by atoms with Crippen LogP contribution in [0.4, 0.5) is 5.69 Å². The quantitative estimate of drug-likeness (QED) is 0.462. The van der Waals surface area contributed by atoms with Crippen molar-refractivity contribution in [3.63, 3.8) is 0 Å². The summed E-state index contributed by atoms with van der Waals surface area (Å²) in [5.41, 5.74) is 7.75. The molecule has 3 aromatic carbocycles. The number of benzene rings is 3. The van der Waals surface area contributed by atoms with Gasteiger partial charge in [0.15, 0.2) is 0 Å². The molecule has 2 amide bonds. The average molecular weight is 439 g/mol. The second-order valence-corrected chi connectivity index (χ2v) is 8.76. The van der Waals surface area contributed by atoms with Gasteiger partial charge < -0.3 is 4.90 Å². The molecular weight excluding hydrogens is 408 g/mol. The molecule has 0 N–H and O–H groups in total. The lowest BCUT2D eigenvalue weighted by atomic mass is 9.97. The van der Waals surface area contributed by atoms with E-state index in [1.165, 1.54) is 4.90 Å². The molecule has 0 radical (unpaired) electrons. The molecule has 1 heterocycles. The third-order valence-corrected chi connectivity index (χ3v) is 6.37. The Morgan fingerprint density at radius 1 is 0.758 bits per heavy atom. The average Bonchev–Trinajstić information content (AvgIpc) is 3.05. The second-order valence-electron chi connectivity index (χ2n) is 8.76. The van der Waals surface area contributed by atoms with Crippen LogP contribution in [-0.4, -0.2) is 23.3 Å². The van der Waals surface area contributed by atoms with Gasteiger partial charge in [0, 0.05) is 13.1 Å². The van der Waals surface area contributed by atoms with Gasteiger partial charge in [0.2, 0.25) is 0 Å². The van der Waals surface area contributed by atoms with Crippen LogP contribution in [0.25, 0.3) is 5.57 Å². The normalized spacial score (nSPS) is 13.8. The summed E-state index contributed by atoms with van der Waals surface area (Å²) in [5, 5.41) is 0. The van der Waals surface area contributed by atoms with Gasteiger partial charge in [0.1, 0.15) is 5.70 Å². The monoisotopic (exact) mass is 438 g/mol. The number of carbonyl (C=O) groups excluding carboxylic acids is 2. The molecule has 1 aliphatic rings. The molecule has 33 heavy (non-hydrogen) atoms. The van der Waals surface area contributed by atoms with Crippen molar-refractivity contribution < 1.29 is 9.59 Å². The van der Waals surface area contributed by atoms with Gasteiger partial charge in [-0.25, -0.2) is 4.90 Å². The fourth-order valence-electron chi connectivity index (χ4n) is 4.40. The Balaban J connectivity index is 1.87. The van der Waals surface area contributed by atoms with Crippen LogP contribution in [0.2, 0.25) is 0 Å². The van der Waals surface area contributed by atoms with Crippen LogP contribution in [-0.2, 0) is 16.1 Å². The predicted molar refractivity (Wildman–Crippen MR) is 134 cm³/mol. The summed E-state index contributed by atoms with van der Waals surface area (Å²) in [4.78, 5) is 31.1. The second kappa shape index (κ2) is 9.07. The minimum absolute atomic E-state index is 0.267. The third kappa shape index (κ3) is 4.21. The van der Waals surface area contributed by atoms with Crippen LogP contribution in [0, 0.1) is 27.7 Å². The zero-order valence-electron chi connectivity index (χ0n) is 20.0. The first-order valence-electron chi connectivity index (χ1n) is 11.4. The smallest absolute Gasteiger partial charge is 0.282 e. The summed E-state index contributed by atoms with van der Waals surface area (Å²) in [6, 6.07) is 21.8. The lowest BCUT2D eigenvalue weighted by molar-refractivity contribution is -0.120. The Hall–Kier alpha value is -3.66. The van der Waals surface area contributed by atoms with Crippen molar-refractivity contribution in [2.75, 3.05) is 11.4 Å². The Morgan fingerprint density at radius 2 is 1.48 bits per heavy atom. The number of anilines is 1. The zero-order chi connectivity index (χ0) is 23.7. The first-order chi connectivity index (χ1) is 15.8. The SMILES string of the molecule is CCN(Cc1ccccc1)C1=C(c2ccc(C)cc2C)C(=O)N(c2ccc(C)c(C)c2)C1=O. The number of hydrogen-bond acceptors (Lipinski definition) is 3. The molecule has 0 fully saturated rings. The number of imide groups is 1. The van der Waals surface area contributed by atoms with Crippen molar-refractivity contribution in [2.45, 2.75) is 41.2 Å². The first-order valence-corrected chi connectivity index (χ1v) is 11.4.